The standard InChI is InChI=1S/C19H24N2O3/c1-11-8-12(2)16-14(17(19(23)24)21-15(16)9-11)10-20-18(22)13-6-4-3-5-7-13/h8-9,13,21H,3-7,10H2,1-2H3,(H,20,22)(H,23,24). The highest BCUT2D eigenvalue weighted by atomic mass is 16.4. The Bertz CT molecular complexity index is 785. The maximum atomic E-state index is 12.4. The number of H-pyrrole nitrogens is 1. The van der Waals surface area contributed by atoms with Crippen LogP contribution in [0.2, 0.25) is 0 Å². The molecule has 0 spiro atoms. The predicted octanol–water partition coefficient (Wildman–Crippen LogP) is 3.68. The summed E-state index contributed by atoms with van der Waals surface area (Å²) in [5.41, 5.74) is 3.75. The second-order valence-electron chi connectivity index (χ2n) is 6.84. The van der Waals surface area contributed by atoms with Crippen molar-refractivity contribution >= 4 is 22.8 Å². The lowest BCUT2D eigenvalue weighted by molar-refractivity contribution is -0.126. The summed E-state index contributed by atoms with van der Waals surface area (Å²) in [6, 6.07) is 3.98. The Morgan fingerprint density at radius 2 is 1.92 bits per heavy atom. The fraction of sp³-hybridized carbons (Fsp3) is 0.474. The first kappa shape index (κ1) is 16.6. The van der Waals surface area contributed by atoms with Gasteiger partial charge in [-0.25, -0.2) is 4.79 Å². The van der Waals surface area contributed by atoms with E-state index in [4.69, 9.17) is 0 Å². The van der Waals surface area contributed by atoms with Crippen LogP contribution in [0, 0.1) is 19.8 Å². The number of carbonyl (C=O) groups is 2. The number of carboxylic acids is 1. The summed E-state index contributed by atoms with van der Waals surface area (Å²) in [5.74, 6) is -0.879. The molecule has 0 saturated heterocycles. The Hall–Kier alpha value is -2.30. The molecule has 1 heterocycles. The highest BCUT2D eigenvalue weighted by molar-refractivity contribution is 5.99. The zero-order chi connectivity index (χ0) is 17.3. The van der Waals surface area contributed by atoms with E-state index in [2.05, 4.69) is 10.3 Å². The number of aromatic nitrogens is 1. The number of rotatable bonds is 4. The molecule has 1 aromatic heterocycles. The van der Waals surface area contributed by atoms with Crippen molar-refractivity contribution in [3.05, 3.63) is 34.5 Å². The lowest BCUT2D eigenvalue weighted by Gasteiger charge is -2.20. The molecule has 1 fully saturated rings. The minimum absolute atomic E-state index is 0.0464. The van der Waals surface area contributed by atoms with Gasteiger partial charge in [-0.05, 0) is 43.9 Å². The Kier molecular flexibility index (Phi) is 4.60. The Labute approximate surface area is 141 Å². The van der Waals surface area contributed by atoms with Crippen LogP contribution in [0.25, 0.3) is 10.9 Å². The van der Waals surface area contributed by atoms with E-state index < -0.39 is 5.97 Å². The van der Waals surface area contributed by atoms with E-state index in [1.54, 1.807) is 0 Å². The van der Waals surface area contributed by atoms with E-state index >= 15 is 0 Å². The van der Waals surface area contributed by atoms with Gasteiger partial charge in [0, 0.05) is 28.9 Å². The van der Waals surface area contributed by atoms with Gasteiger partial charge in [0.2, 0.25) is 5.91 Å². The summed E-state index contributed by atoms with van der Waals surface area (Å²) in [6.45, 7) is 4.21. The van der Waals surface area contributed by atoms with Crippen molar-refractivity contribution in [2.45, 2.75) is 52.5 Å². The van der Waals surface area contributed by atoms with Crippen LogP contribution in [-0.2, 0) is 11.3 Å². The van der Waals surface area contributed by atoms with Crippen LogP contribution in [0.5, 0.6) is 0 Å². The normalized spacial score (nSPS) is 15.6. The first-order chi connectivity index (χ1) is 11.5. The van der Waals surface area contributed by atoms with Crippen LogP contribution in [0.3, 0.4) is 0 Å². The number of aromatic amines is 1. The average molecular weight is 328 g/mol. The van der Waals surface area contributed by atoms with Gasteiger partial charge in [-0.3, -0.25) is 4.79 Å². The van der Waals surface area contributed by atoms with Gasteiger partial charge >= 0.3 is 5.97 Å². The van der Waals surface area contributed by atoms with Crippen molar-refractivity contribution in [3.8, 4) is 0 Å². The van der Waals surface area contributed by atoms with Gasteiger partial charge in [0.15, 0.2) is 0 Å². The van der Waals surface area contributed by atoms with Gasteiger partial charge < -0.3 is 15.4 Å². The molecule has 128 valence electrons. The molecule has 0 radical (unpaired) electrons. The smallest absolute Gasteiger partial charge is 0.352 e. The summed E-state index contributed by atoms with van der Waals surface area (Å²) < 4.78 is 0. The zero-order valence-electron chi connectivity index (χ0n) is 14.2. The molecule has 0 bridgehead atoms. The van der Waals surface area contributed by atoms with Crippen LogP contribution >= 0.6 is 0 Å². The summed E-state index contributed by atoms with van der Waals surface area (Å²) in [5, 5.41) is 13.4. The largest absolute Gasteiger partial charge is 0.477 e. The first-order valence-corrected chi connectivity index (χ1v) is 8.60. The Balaban J connectivity index is 1.88. The molecule has 3 N–H and O–H groups in total. The lowest BCUT2D eigenvalue weighted by Crippen LogP contribution is -2.31. The van der Waals surface area contributed by atoms with Crippen LogP contribution in [0.4, 0.5) is 0 Å². The zero-order valence-corrected chi connectivity index (χ0v) is 14.2. The molecule has 1 amide bonds. The molecule has 0 atom stereocenters. The third kappa shape index (κ3) is 3.16. The summed E-state index contributed by atoms with van der Waals surface area (Å²) >= 11 is 0. The van der Waals surface area contributed by atoms with Crippen LogP contribution < -0.4 is 5.32 Å². The van der Waals surface area contributed by atoms with E-state index in [0.29, 0.717) is 5.56 Å². The maximum absolute atomic E-state index is 12.4. The lowest BCUT2D eigenvalue weighted by atomic mass is 9.88. The molecule has 1 aliphatic carbocycles. The van der Waals surface area contributed by atoms with Crippen molar-refractivity contribution < 1.29 is 14.7 Å². The van der Waals surface area contributed by atoms with E-state index in [-0.39, 0.29) is 24.1 Å². The predicted molar refractivity (Wildman–Crippen MR) is 93.2 cm³/mol. The molecule has 0 aliphatic heterocycles. The van der Waals surface area contributed by atoms with Crippen molar-refractivity contribution in [3.63, 3.8) is 0 Å². The number of nitrogens with one attached hydrogen (secondary N) is 2. The van der Waals surface area contributed by atoms with Gasteiger partial charge in [0.25, 0.3) is 0 Å². The van der Waals surface area contributed by atoms with Gasteiger partial charge in [-0.1, -0.05) is 25.3 Å². The third-order valence-corrected chi connectivity index (χ3v) is 4.97. The maximum Gasteiger partial charge on any atom is 0.352 e. The number of amides is 1. The van der Waals surface area contributed by atoms with Gasteiger partial charge in [0.1, 0.15) is 5.69 Å². The molecule has 1 saturated carbocycles. The van der Waals surface area contributed by atoms with E-state index in [9.17, 15) is 14.7 Å². The summed E-state index contributed by atoms with van der Waals surface area (Å²) in [7, 11) is 0. The van der Waals surface area contributed by atoms with Crippen molar-refractivity contribution in [1.82, 2.24) is 10.3 Å². The molecule has 3 rings (SSSR count). The molecule has 1 aromatic carbocycles. The average Bonchev–Trinajstić information content (AvgIpc) is 2.92. The quantitative estimate of drug-likeness (QED) is 0.800. The number of benzene rings is 1. The van der Waals surface area contributed by atoms with Crippen molar-refractivity contribution in [1.29, 1.82) is 0 Å². The number of carbonyl (C=O) groups excluding carboxylic acids is 1. The van der Waals surface area contributed by atoms with Crippen LogP contribution in [0.15, 0.2) is 12.1 Å². The van der Waals surface area contributed by atoms with E-state index in [0.717, 1.165) is 47.7 Å². The van der Waals surface area contributed by atoms with Gasteiger partial charge in [-0.2, -0.15) is 0 Å². The van der Waals surface area contributed by atoms with E-state index in [1.165, 1.54) is 6.42 Å². The topological polar surface area (TPSA) is 82.2 Å². The monoisotopic (exact) mass is 328 g/mol. The highest BCUT2D eigenvalue weighted by Crippen LogP contribution is 2.28. The van der Waals surface area contributed by atoms with Crippen molar-refractivity contribution in [2.24, 2.45) is 5.92 Å². The molecule has 2 aromatic rings. The fourth-order valence-electron chi connectivity index (χ4n) is 3.85. The second kappa shape index (κ2) is 6.67. The third-order valence-electron chi connectivity index (χ3n) is 4.97. The van der Waals surface area contributed by atoms with Crippen LogP contribution in [0.1, 0.15) is 59.3 Å². The number of hydrogen-bond donors (Lipinski definition) is 3. The molecular formula is C19H24N2O3. The second-order valence-corrected chi connectivity index (χ2v) is 6.84. The van der Waals surface area contributed by atoms with Gasteiger partial charge in [0.05, 0.1) is 0 Å². The minimum atomic E-state index is -0.995. The molecule has 1 aliphatic rings. The molecule has 24 heavy (non-hydrogen) atoms. The molecular weight excluding hydrogens is 304 g/mol. The number of aromatic carboxylic acids is 1. The molecule has 5 nitrogen and oxygen atoms in total. The number of aryl methyl sites for hydroxylation is 2. The molecule has 0 unspecified atom stereocenters. The number of carboxylic acid groups (broad SMARTS) is 1. The van der Waals surface area contributed by atoms with Crippen molar-refractivity contribution in [2.75, 3.05) is 0 Å². The molecule has 5 heteroatoms. The Morgan fingerprint density at radius 1 is 1.21 bits per heavy atom. The van der Waals surface area contributed by atoms with E-state index in [1.807, 2.05) is 26.0 Å². The number of hydrogen-bond acceptors (Lipinski definition) is 2. The highest BCUT2D eigenvalue weighted by Gasteiger charge is 2.23. The first-order valence-electron chi connectivity index (χ1n) is 8.60. The fourth-order valence-corrected chi connectivity index (χ4v) is 3.85. The summed E-state index contributed by atoms with van der Waals surface area (Å²) in [4.78, 5) is 27.0. The SMILES string of the molecule is Cc1cc(C)c2c(CNC(=O)C3CCCCC3)c(C(=O)O)[nH]c2c1. The van der Waals surface area contributed by atoms with Crippen LogP contribution in [-0.4, -0.2) is 22.0 Å². The van der Waals surface area contributed by atoms with Gasteiger partial charge in [-0.15, -0.1) is 0 Å². The summed E-state index contributed by atoms with van der Waals surface area (Å²) in [6.07, 6.45) is 5.27. The Morgan fingerprint density at radius 3 is 2.58 bits per heavy atom. The number of fused-ring (bicyclic) bond motifs is 1. The minimum Gasteiger partial charge on any atom is -0.477 e.